The predicted octanol–water partition coefficient (Wildman–Crippen LogP) is 5.01. The molecular weight excluding hydrogens is 513 g/mol. The SMILES string of the molecule is CN1CCCC(COc2ccc(Nc3nccc(N(Cc4cccc(Cn5cccn5)c4)C(=O)O)n3)cc2F)C1. The fraction of sp³-hybridized carbons (Fsp3) is 0.310. The molecule has 11 heteroatoms. The number of carbonyl (C=O) groups is 1. The van der Waals surface area contributed by atoms with Crippen LogP contribution < -0.4 is 15.0 Å². The second kappa shape index (κ2) is 12.6. The average Bonchev–Trinajstić information content (AvgIpc) is 3.45. The Morgan fingerprint density at radius 1 is 1.18 bits per heavy atom. The van der Waals surface area contributed by atoms with E-state index >= 15 is 0 Å². The van der Waals surface area contributed by atoms with Crippen LogP contribution in [0.5, 0.6) is 5.75 Å². The van der Waals surface area contributed by atoms with Gasteiger partial charge in [-0.15, -0.1) is 0 Å². The molecule has 0 saturated carbocycles. The lowest BCUT2D eigenvalue weighted by atomic mass is 10.00. The van der Waals surface area contributed by atoms with Crippen molar-refractivity contribution in [1.82, 2.24) is 24.6 Å². The van der Waals surface area contributed by atoms with Gasteiger partial charge in [-0.25, -0.2) is 14.2 Å². The van der Waals surface area contributed by atoms with Crippen LogP contribution in [0.1, 0.15) is 24.0 Å². The van der Waals surface area contributed by atoms with E-state index < -0.39 is 11.9 Å². The first-order valence-electron chi connectivity index (χ1n) is 13.2. The van der Waals surface area contributed by atoms with Crippen molar-refractivity contribution in [3.8, 4) is 5.75 Å². The maximum atomic E-state index is 14.8. The van der Waals surface area contributed by atoms with E-state index in [0.29, 0.717) is 24.8 Å². The van der Waals surface area contributed by atoms with E-state index in [9.17, 15) is 14.3 Å². The molecule has 1 aliphatic rings. The Labute approximate surface area is 232 Å². The molecule has 2 aromatic carbocycles. The largest absolute Gasteiger partial charge is 0.490 e. The van der Waals surface area contributed by atoms with Crippen LogP contribution in [0.25, 0.3) is 0 Å². The van der Waals surface area contributed by atoms with Gasteiger partial charge in [-0.05, 0) is 61.8 Å². The van der Waals surface area contributed by atoms with Crippen LogP contribution in [0.4, 0.5) is 26.6 Å². The van der Waals surface area contributed by atoms with E-state index in [-0.39, 0.29) is 24.1 Å². The van der Waals surface area contributed by atoms with Gasteiger partial charge in [0.15, 0.2) is 11.6 Å². The van der Waals surface area contributed by atoms with Crippen LogP contribution >= 0.6 is 0 Å². The highest BCUT2D eigenvalue weighted by atomic mass is 19.1. The minimum atomic E-state index is -1.15. The number of aromatic nitrogens is 4. The zero-order valence-electron chi connectivity index (χ0n) is 22.3. The molecule has 1 fully saturated rings. The molecule has 40 heavy (non-hydrogen) atoms. The minimum Gasteiger partial charge on any atom is -0.490 e. The number of benzene rings is 2. The molecule has 10 nitrogen and oxygen atoms in total. The third-order valence-electron chi connectivity index (χ3n) is 6.77. The zero-order valence-corrected chi connectivity index (χ0v) is 22.3. The molecule has 0 radical (unpaired) electrons. The Balaban J connectivity index is 1.24. The van der Waals surface area contributed by atoms with E-state index in [0.717, 1.165) is 42.0 Å². The molecule has 0 bridgehead atoms. The first-order valence-corrected chi connectivity index (χ1v) is 13.2. The molecule has 2 aromatic heterocycles. The van der Waals surface area contributed by atoms with Crippen LogP contribution in [0.2, 0.25) is 0 Å². The van der Waals surface area contributed by atoms with Crippen LogP contribution in [0.15, 0.2) is 73.2 Å². The molecule has 1 atom stereocenters. The van der Waals surface area contributed by atoms with Crippen LogP contribution in [-0.4, -0.2) is 62.6 Å². The van der Waals surface area contributed by atoms with Crippen molar-refractivity contribution in [2.24, 2.45) is 5.92 Å². The van der Waals surface area contributed by atoms with Gasteiger partial charge in [0.05, 0.1) is 19.7 Å². The number of likely N-dealkylation sites (tertiary alicyclic amines) is 1. The third-order valence-corrected chi connectivity index (χ3v) is 6.77. The van der Waals surface area contributed by atoms with Gasteiger partial charge >= 0.3 is 6.09 Å². The second-order valence-electron chi connectivity index (χ2n) is 9.98. The number of ether oxygens (including phenoxy) is 1. The Morgan fingerprint density at radius 2 is 2.05 bits per heavy atom. The van der Waals surface area contributed by atoms with Crippen molar-refractivity contribution in [3.63, 3.8) is 0 Å². The Bertz CT molecular complexity index is 1430. The zero-order chi connectivity index (χ0) is 27.9. The van der Waals surface area contributed by atoms with Crippen molar-refractivity contribution in [2.45, 2.75) is 25.9 Å². The van der Waals surface area contributed by atoms with E-state index in [1.54, 1.807) is 23.0 Å². The summed E-state index contributed by atoms with van der Waals surface area (Å²) in [6, 6.07) is 15.6. The molecule has 4 aromatic rings. The molecule has 208 valence electrons. The number of nitrogens with zero attached hydrogens (tertiary/aromatic N) is 6. The first kappa shape index (κ1) is 27.1. The van der Waals surface area contributed by atoms with Gasteiger partial charge in [0, 0.05) is 42.8 Å². The van der Waals surface area contributed by atoms with Crippen LogP contribution in [0.3, 0.4) is 0 Å². The maximum Gasteiger partial charge on any atom is 0.413 e. The fourth-order valence-electron chi connectivity index (χ4n) is 4.84. The number of nitrogens with one attached hydrogen (secondary N) is 1. The van der Waals surface area contributed by atoms with Gasteiger partial charge in [0.1, 0.15) is 5.82 Å². The van der Waals surface area contributed by atoms with Crippen LogP contribution in [0, 0.1) is 11.7 Å². The van der Waals surface area contributed by atoms with Gasteiger partial charge in [-0.2, -0.15) is 10.1 Å². The maximum absolute atomic E-state index is 14.8. The van der Waals surface area contributed by atoms with Crippen LogP contribution in [-0.2, 0) is 13.1 Å². The topological polar surface area (TPSA) is 109 Å². The fourth-order valence-corrected chi connectivity index (χ4v) is 4.84. The standard InChI is InChI=1S/C29H32FN7O3/c1-35-13-3-7-23(17-35)20-40-26-9-8-24(16-25(26)30)33-28-31-12-10-27(34-28)37(29(38)39)19-22-6-2-5-21(15-22)18-36-14-4-11-32-36/h2,4-6,8-12,14-16,23H,3,7,13,17-20H2,1H3,(H,38,39)(H,31,33,34). The Hall–Kier alpha value is -4.51. The number of amides is 1. The highest BCUT2D eigenvalue weighted by Gasteiger charge is 2.19. The number of halogens is 1. The number of hydrogen-bond donors (Lipinski definition) is 2. The summed E-state index contributed by atoms with van der Waals surface area (Å²) < 4.78 is 22.3. The third kappa shape index (κ3) is 7.11. The smallest absolute Gasteiger partial charge is 0.413 e. The van der Waals surface area contributed by atoms with Crippen molar-refractivity contribution in [2.75, 3.05) is 37.0 Å². The van der Waals surface area contributed by atoms with E-state index in [1.807, 2.05) is 36.5 Å². The molecule has 5 rings (SSSR count). The number of anilines is 3. The Kier molecular flexibility index (Phi) is 8.50. The highest BCUT2D eigenvalue weighted by Crippen LogP contribution is 2.25. The van der Waals surface area contributed by atoms with Gasteiger partial charge in [0.25, 0.3) is 0 Å². The number of hydrogen-bond acceptors (Lipinski definition) is 7. The lowest BCUT2D eigenvalue weighted by Gasteiger charge is -2.29. The van der Waals surface area contributed by atoms with Gasteiger partial charge in [0.2, 0.25) is 5.95 Å². The van der Waals surface area contributed by atoms with Gasteiger partial charge < -0.3 is 20.1 Å². The number of carboxylic acid groups (broad SMARTS) is 1. The molecule has 1 aliphatic heterocycles. The molecule has 1 amide bonds. The first-order chi connectivity index (χ1) is 19.4. The lowest BCUT2D eigenvalue weighted by Crippen LogP contribution is -2.34. The molecule has 2 N–H and O–H groups in total. The van der Waals surface area contributed by atoms with E-state index in [2.05, 4.69) is 32.3 Å². The monoisotopic (exact) mass is 545 g/mol. The summed E-state index contributed by atoms with van der Waals surface area (Å²) in [7, 11) is 2.09. The Morgan fingerprint density at radius 3 is 2.83 bits per heavy atom. The summed E-state index contributed by atoms with van der Waals surface area (Å²) in [4.78, 5) is 24.1. The molecule has 0 spiro atoms. The summed E-state index contributed by atoms with van der Waals surface area (Å²) in [5.41, 5.74) is 2.22. The van der Waals surface area contributed by atoms with E-state index in [1.165, 1.54) is 18.3 Å². The van der Waals surface area contributed by atoms with Gasteiger partial charge in [-0.3, -0.25) is 9.58 Å². The summed E-state index contributed by atoms with van der Waals surface area (Å²) in [5.74, 6) is 0.422. The molecule has 1 saturated heterocycles. The minimum absolute atomic E-state index is 0.0934. The quantitative estimate of drug-likeness (QED) is 0.286. The van der Waals surface area contributed by atoms with Crippen molar-refractivity contribution in [3.05, 3.63) is 90.1 Å². The summed E-state index contributed by atoms with van der Waals surface area (Å²) in [6.45, 7) is 3.16. The molecular formula is C29H32FN7O3. The summed E-state index contributed by atoms with van der Waals surface area (Å²) in [6.07, 6.45) is 6.08. The lowest BCUT2D eigenvalue weighted by molar-refractivity contribution is 0.147. The average molecular weight is 546 g/mol. The van der Waals surface area contributed by atoms with E-state index in [4.69, 9.17) is 4.74 Å². The molecule has 1 unspecified atom stereocenters. The molecule has 0 aliphatic carbocycles. The normalized spacial score (nSPS) is 15.5. The highest BCUT2D eigenvalue weighted by molar-refractivity contribution is 5.84. The van der Waals surface area contributed by atoms with Gasteiger partial charge in [-0.1, -0.05) is 24.3 Å². The molecule has 3 heterocycles. The number of rotatable bonds is 10. The van der Waals surface area contributed by atoms with Crippen molar-refractivity contribution < 1.29 is 19.0 Å². The summed E-state index contributed by atoms with van der Waals surface area (Å²) in [5, 5.41) is 17.1. The predicted molar refractivity (Wildman–Crippen MR) is 149 cm³/mol. The summed E-state index contributed by atoms with van der Waals surface area (Å²) >= 11 is 0. The van der Waals surface area contributed by atoms with Crippen molar-refractivity contribution in [1.29, 1.82) is 0 Å². The van der Waals surface area contributed by atoms with Crippen molar-refractivity contribution >= 4 is 23.5 Å². The number of piperidine rings is 1. The second-order valence-corrected chi connectivity index (χ2v) is 9.98.